The van der Waals surface area contributed by atoms with E-state index in [0.29, 0.717) is 0 Å². The number of hydrogen-bond acceptors (Lipinski definition) is 4. The normalized spacial score (nSPS) is 11.9. The van der Waals surface area contributed by atoms with Gasteiger partial charge in [-0.25, -0.2) is 0 Å². The smallest absolute Gasteiger partial charge is 0.313 e. The van der Waals surface area contributed by atoms with Crippen molar-refractivity contribution in [1.29, 1.82) is 5.26 Å². The van der Waals surface area contributed by atoms with Crippen molar-refractivity contribution in [2.24, 2.45) is 11.8 Å². The van der Waals surface area contributed by atoms with E-state index in [1.807, 2.05) is 6.07 Å². The molecule has 0 fully saturated rings. The summed E-state index contributed by atoms with van der Waals surface area (Å²) in [5, 5.41) is 8.69. The van der Waals surface area contributed by atoms with Crippen molar-refractivity contribution in [3.05, 3.63) is 0 Å². The number of carbonyl (C=O) groups excluding carboxylic acids is 2. The van der Waals surface area contributed by atoms with E-state index < -0.39 is 11.9 Å². The quantitative estimate of drug-likeness (QED) is 0.492. The maximum absolute atomic E-state index is 11.4. The van der Waals surface area contributed by atoms with Crippen molar-refractivity contribution < 1.29 is 14.3 Å². The van der Waals surface area contributed by atoms with Crippen molar-refractivity contribution in [2.75, 3.05) is 6.61 Å². The average molecular weight is 197 g/mol. The Morgan fingerprint density at radius 1 is 1.43 bits per heavy atom. The van der Waals surface area contributed by atoms with Crippen LogP contribution in [-0.2, 0) is 14.3 Å². The molecule has 0 radical (unpaired) electrons. The fourth-order valence-corrected chi connectivity index (χ4v) is 1.06. The van der Waals surface area contributed by atoms with E-state index in [-0.39, 0.29) is 24.7 Å². The zero-order valence-electron chi connectivity index (χ0n) is 8.74. The molecule has 0 spiro atoms. The Balaban J connectivity index is 4.20. The van der Waals surface area contributed by atoms with E-state index in [1.54, 1.807) is 20.8 Å². The Bertz CT molecular complexity index is 253. The van der Waals surface area contributed by atoms with Crippen molar-refractivity contribution in [3.8, 4) is 6.07 Å². The number of carbonyl (C=O) groups is 2. The fraction of sp³-hybridized carbons (Fsp3) is 0.700. The molecule has 78 valence electrons. The lowest BCUT2D eigenvalue weighted by Crippen LogP contribution is -2.22. The van der Waals surface area contributed by atoms with Crippen LogP contribution in [0.25, 0.3) is 0 Å². The van der Waals surface area contributed by atoms with Gasteiger partial charge in [0.1, 0.15) is 12.3 Å². The number of esters is 1. The Hall–Kier alpha value is -1.37. The van der Waals surface area contributed by atoms with Crippen LogP contribution in [0.15, 0.2) is 0 Å². The fourth-order valence-electron chi connectivity index (χ4n) is 1.06. The first-order chi connectivity index (χ1) is 6.52. The Morgan fingerprint density at radius 2 is 2.00 bits per heavy atom. The maximum Gasteiger partial charge on any atom is 0.313 e. The highest BCUT2D eigenvalue weighted by atomic mass is 16.5. The van der Waals surface area contributed by atoms with Gasteiger partial charge in [0.2, 0.25) is 0 Å². The Kier molecular flexibility index (Phi) is 5.54. The van der Waals surface area contributed by atoms with Gasteiger partial charge in [-0.3, -0.25) is 9.59 Å². The molecular weight excluding hydrogens is 182 g/mol. The summed E-state index contributed by atoms with van der Waals surface area (Å²) in [5.41, 5.74) is 0. The second kappa shape index (κ2) is 6.14. The van der Waals surface area contributed by atoms with Gasteiger partial charge in [-0.1, -0.05) is 13.8 Å². The number of rotatable bonds is 5. The molecule has 0 bridgehead atoms. The molecule has 0 rings (SSSR count). The third-order valence-corrected chi connectivity index (χ3v) is 1.78. The number of ether oxygens (including phenoxy) is 1. The highest BCUT2D eigenvalue weighted by molar-refractivity contribution is 5.98. The van der Waals surface area contributed by atoms with Crippen LogP contribution >= 0.6 is 0 Å². The highest BCUT2D eigenvalue weighted by Gasteiger charge is 2.24. The molecule has 4 nitrogen and oxygen atoms in total. The molecule has 0 saturated carbocycles. The lowest BCUT2D eigenvalue weighted by atomic mass is 9.91. The first-order valence-electron chi connectivity index (χ1n) is 4.60. The summed E-state index contributed by atoms with van der Waals surface area (Å²) in [7, 11) is 0. The van der Waals surface area contributed by atoms with Gasteiger partial charge in [0.15, 0.2) is 5.78 Å². The van der Waals surface area contributed by atoms with Crippen LogP contribution in [0.4, 0.5) is 0 Å². The number of Topliss-reactive ketones (excluding diaryl/α,β-unsaturated/α-hetero) is 1. The number of nitriles is 1. The summed E-state index contributed by atoms with van der Waals surface area (Å²) < 4.78 is 4.62. The summed E-state index contributed by atoms with van der Waals surface area (Å²) in [4.78, 5) is 22.3. The van der Waals surface area contributed by atoms with Crippen molar-refractivity contribution >= 4 is 11.8 Å². The summed E-state index contributed by atoms with van der Waals surface area (Å²) in [5.74, 6) is -1.69. The zero-order valence-corrected chi connectivity index (χ0v) is 8.74. The van der Waals surface area contributed by atoms with Crippen LogP contribution in [0.1, 0.15) is 27.2 Å². The van der Waals surface area contributed by atoms with Gasteiger partial charge in [0.05, 0.1) is 12.7 Å². The Morgan fingerprint density at radius 3 is 2.36 bits per heavy atom. The van der Waals surface area contributed by atoms with Crippen molar-refractivity contribution in [2.45, 2.75) is 27.2 Å². The van der Waals surface area contributed by atoms with Gasteiger partial charge >= 0.3 is 5.97 Å². The van der Waals surface area contributed by atoms with Crippen LogP contribution in [0.3, 0.4) is 0 Å². The predicted molar refractivity (Wildman–Crippen MR) is 50.2 cm³/mol. The van der Waals surface area contributed by atoms with Gasteiger partial charge < -0.3 is 4.74 Å². The van der Waals surface area contributed by atoms with E-state index in [2.05, 4.69) is 4.74 Å². The molecule has 0 aromatic rings. The topological polar surface area (TPSA) is 67.2 Å². The van der Waals surface area contributed by atoms with E-state index >= 15 is 0 Å². The molecule has 0 aliphatic rings. The van der Waals surface area contributed by atoms with Crippen LogP contribution in [-0.4, -0.2) is 18.4 Å². The van der Waals surface area contributed by atoms with E-state index in [1.165, 1.54) is 0 Å². The molecule has 0 N–H and O–H groups in total. The molecular formula is C10H15NO3. The van der Waals surface area contributed by atoms with Gasteiger partial charge in [0, 0.05) is 0 Å². The molecule has 0 aromatic heterocycles. The van der Waals surface area contributed by atoms with Gasteiger partial charge in [-0.15, -0.1) is 0 Å². The second-order valence-electron chi connectivity index (χ2n) is 3.30. The van der Waals surface area contributed by atoms with E-state index in [4.69, 9.17) is 5.26 Å². The monoisotopic (exact) mass is 197 g/mol. The summed E-state index contributed by atoms with van der Waals surface area (Å²) in [6, 6.07) is 1.89. The van der Waals surface area contributed by atoms with E-state index in [0.717, 1.165) is 0 Å². The van der Waals surface area contributed by atoms with Gasteiger partial charge in [-0.2, -0.15) is 5.26 Å². The second-order valence-corrected chi connectivity index (χ2v) is 3.30. The highest BCUT2D eigenvalue weighted by Crippen LogP contribution is 2.12. The van der Waals surface area contributed by atoms with Gasteiger partial charge in [-0.05, 0) is 12.8 Å². The minimum Gasteiger partial charge on any atom is -0.466 e. The van der Waals surface area contributed by atoms with Crippen LogP contribution < -0.4 is 0 Å². The number of nitrogens with zero attached hydrogens (tertiary/aromatic N) is 1. The van der Waals surface area contributed by atoms with E-state index in [9.17, 15) is 9.59 Å². The number of hydrogen-bond donors (Lipinski definition) is 0. The molecule has 4 heteroatoms. The molecule has 1 atom stereocenters. The molecule has 14 heavy (non-hydrogen) atoms. The first-order valence-corrected chi connectivity index (χ1v) is 4.60. The zero-order chi connectivity index (χ0) is 11.1. The minimum absolute atomic E-state index is 0.0677. The predicted octanol–water partition coefficient (Wildman–Crippen LogP) is 1.30. The summed E-state index contributed by atoms with van der Waals surface area (Å²) in [6.07, 6.45) is -0.301. The molecule has 0 aromatic carbocycles. The molecule has 0 aliphatic carbocycles. The molecule has 0 saturated heterocycles. The third-order valence-electron chi connectivity index (χ3n) is 1.78. The van der Waals surface area contributed by atoms with Crippen molar-refractivity contribution in [1.82, 2.24) is 0 Å². The summed E-state index contributed by atoms with van der Waals surface area (Å²) >= 11 is 0. The molecule has 1 unspecified atom stereocenters. The lowest BCUT2D eigenvalue weighted by molar-refractivity contribution is -0.146. The summed E-state index contributed by atoms with van der Waals surface area (Å²) in [6.45, 7) is 5.48. The first kappa shape index (κ1) is 12.6. The van der Waals surface area contributed by atoms with Crippen molar-refractivity contribution in [3.63, 3.8) is 0 Å². The largest absolute Gasteiger partial charge is 0.466 e. The molecule has 0 aliphatic heterocycles. The molecule has 0 heterocycles. The van der Waals surface area contributed by atoms with Crippen LogP contribution in [0.2, 0.25) is 0 Å². The van der Waals surface area contributed by atoms with Crippen LogP contribution in [0, 0.1) is 23.2 Å². The maximum atomic E-state index is 11.4. The Labute approximate surface area is 83.9 Å². The standard InChI is InChI=1S/C10H15NO3/c1-4-14-10(13)5-9(12)8(6-11)7(2)3/h7-8H,4-5H2,1-3H3. The number of ketones is 1. The lowest BCUT2D eigenvalue weighted by Gasteiger charge is -2.10. The molecule has 0 amide bonds. The van der Waals surface area contributed by atoms with Gasteiger partial charge in [0.25, 0.3) is 0 Å². The average Bonchev–Trinajstić information content (AvgIpc) is 2.04. The third kappa shape index (κ3) is 4.04. The minimum atomic E-state index is -0.709. The van der Waals surface area contributed by atoms with Crippen LogP contribution in [0.5, 0.6) is 0 Å². The SMILES string of the molecule is CCOC(=O)CC(=O)C(C#N)C(C)C.